The number of carbonyl (C=O) groups excluding carboxylic acids is 1. The van der Waals surface area contributed by atoms with Crippen molar-refractivity contribution in [3.05, 3.63) is 0 Å². The Morgan fingerprint density at radius 3 is 2.82 bits per heavy atom. The fourth-order valence-electron chi connectivity index (χ4n) is 2.10. The number of ether oxygens (including phenoxy) is 1. The molecule has 0 aromatic rings. The van der Waals surface area contributed by atoms with Crippen LogP contribution in [0.3, 0.4) is 0 Å². The lowest BCUT2D eigenvalue weighted by Crippen LogP contribution is -2.25. The highest BCUT2D eigenvalue weighted by Gasteiger charge is 2.15. The van der Waals surface area contributed by atoms with Gasteiger partial charge in [-0.15, -0.1) is 0 Å². The van der Waals surface area contributed by atoms with Crippen LogP contribution in [-0.2, 0) is 9.53 Å². The van der Waals surface area contributed by atoms with Crippen molar-refractivity contribution in [1.82, 2.24) is 5.32 Å². The Morgan fingerprint density at radius 2 is 2.12 bits per heavy atom. The van der Waals surface area contributed by atoms with Crippen molar-refractivity contribution in [1.29, 1.82) is 0 Å². The van der Waals surface area contributed by atoms with Crippen LogP contribution in [0.25, 0.3) is 0 Å². The summed E-state index contributed by atoms with van der Waals surface area (Å²) in [6.45, 7) is 3.32. The van der Waals surface area contributed by atoms with Crippen molar-refractivity contribution < 1.29 is 9.53 Å². The molecule has 1 fully saturated rings. The molecule has 1 atom stereocenters. The van der Waals surface area contributed by atoms with Gasteiger partial charge < -0.3 is 15.8 Å². The number of nitrogens with one attached hydrogen (secondary N) is 1. The smallest absolute Gasteiger partial charge is 0.219 e. The van der Waals surface area contributed by atoms with Crippen molar-refractivity contribution in [3.8, 4) is 0 Å². The molecule has 1 unspecified atom stereocenters. The summed E-state index contributed by atoms with van der Waals surface area (Å²) in [5.41, 5.74) is 5.41. The topological polar surface area (TPSA) is 64.4 Å². The molecular formula is C13H26N2O2. The van der Waals surface area contributed by atoms with Crippen LogP contribution in [0, 0.1) is 5.92 Å². The van der Waals surface area contributed by atoms with Crippen LogP contribution in [0.4, 0.5) is 0 Å². The minimum atomic E-state index is 0.191. The number of hydrogen-bond donors (Lipinski definition) is 2. The fraction of sp³-hybridized carbons (Fsp3) is 0.923. The second-order valence-electron chi connectivity index (χ2n) is 4.82. The van der Waals surface area contributed by atoms with Gasteiger partial charge in [0, 0.05) is 26.2 Å². The molecule has 0 saturated carbocycles. The zero-order chi connectivity index (χ0) is 12.3. The summed E-state index contributed by atoms with van der Waals surface area (Å²) in [6, 6.07) is 0. The van der Waals surface area contributed by atoms with Gasteiger partial charge in [-0.1, -0.05) is 12.8 Å². The average Bonchev–Trinajstić information content (AvgIpc) is 2.82. The van der Waals surface area contributed by atoms with Gasteiger partial charge in [0.1, 0.15) is 0 Å². The van der Waals surface area contributed by atoms with Gasteiger partial charge >= 0.3 is 0 Å². The first-order chi connectivity index (χ1) is 8.33. The molecule has 0 spiro atoms. The van der Waals surface area contributed by atoms with Crippen molar-refractivity contribution in [3.63, 3.8) is 0 Å². The van der Waals surface area contributed by atoms with Gasteiger partial charge in [0.15, 0.2) is 0 Å². The molecule has 1 aliphatic rings. The third kappa shape index (κ3) is 7.34. The summed E-state index contributed by atoms with van der Waals surface area (Å²) < 4.78 is 5.29. The van der Waals surface area contributed by atoms with E-state index < -0.39 is 0 Å². The van der Waals surface area contributed by atoms with E-state index in [0.717, 1.165) is 64.8 Å². The number of rotatable bonds is 9. The van der Waals surface area contributed by atoms with Crippen LogP contribution in [-0.4, -0.2) is 32.2 Å². The zero-order valence-corrected chi connectivity index (χ0v) is 10.7. The molecule has 4 nitrogen and oxygen atoms in total. The van der Waals surface area contributed by atoms with Crippen molar-refractivity contribution in [2.24, 2.45) is 11.7 Å². The Bertz CT molecular complexity index is 204. The van der Waals surface area contributed by atoms with E-state index in [9.17, 15) is 4.79 Å². The number of nitrogens with two attached hydrogens (primary N) is 1. The normalized spacial score (nSPS) is 19.5. The van der Waals surface area contributed by atoms with E-state index >= 15 is 0 Å². The lowest BCUT2D eigenvalue weighted by molar-refractivity contribution is -0.121. The fourth-order valence-corrected chi connectivity index (χ4v) is 2.10. The maximum absolute atomic E-state index is 11.5. The minimum Gasteiger partial charge on any atom is -0.381 e. The molecule has 0 bridgehead atoms. The average molecular weight is 242 g/mol. The molecule has 1 rings (SSSR count). The molecule has 1 heterocycles. The first kappa shape index (κ1) is 14.5. The summed E-state index contributed by atoms with van der Waals surface area (Å²) in [5, 5.41) is 2.98. The van der Waals surface area contributed by atoms with Crippen LogP contribution in [0.5, 0.6) is 0 Å². The van der Waals surface area contributed by atoms with Gasteiger partial charge in [-0.25, -0.2) is 0 Å². The monoisotopic (exact) mass is 242 g/mol. The molecule has 1 amide bonds. The highest BCUT2D eigenvalue weighted by molar-refractivity contribution is 5.75. The van der Waals surface area contributed by atoms with Crippen LogP contribution in [0.15, 0.2) is 0 Å². The first-order valence-electron chi connectivity index (χ1n) is 6.87. The lowest BCUT2D eigenvalue weighted by Gasteiger charge is -2.08. The Kier molecular flexibility index (Phi) is 8.01. The summed E-state index contributed by atoms with van der Waals surface area (Å²) in [7, 11) is 0. The second-order valence-corrected chi connectivity index (χ2v) is 4.82. The van der Waals surface area contributed by atoms with E-state index in [1.165, 1.54) is 0 Å². The number of hydrogen-bond acceptors (Lipinski definition) is 3. The molecule has 0 aromatic carbocycles. The molecule has 0 aromatic heterocycles. The van der Waals surface area contributed by atoms with Gasteiger partial charge in [-0.2, -0.15) is 0 Å². The van der Waals surface area contributed by atoms with Gasteiger partial charge in [0.05, 0.1) is 0 Å². The van der Waals surface area contributed by atoms with E-state index in [1.54, 1.807) is 0 Å². The molecular weight excluding hydrogens is 216 g/mol. The maximum Gasteiger partial charge on any atom is 0.219 e. The summed E-state index contributed by atoms with van der Waals surface area (Å²) in [5.74, 6) is 0.844. The van der Waals surface area contributed by atoms with Crippen molar-refractivity contribution in [2.45, 2.75) is 44.9 Å². The van der Waals surface area contributed by atoms with Crippen molar-refractivity contribution in [2.75, 3.05) is 26.3 Å². The number of carbonyl (C=O) groups is 1. The van der Waals surface area contributed by atoms with Gasteiger partial charge in [0.2, 0.25) is 5.91 Å². The SMILES string of the molecule is NCCCCCCC(=O)NCCC1CCOC1. The first-order valence-corrected chi connectivity index (χ1v) is 6.87. The maximum atomic E-state index is 11.5. The largest absolute Gasteiger partial charge is 0.381 e. The molecule has 0 radical (unpaired) electrons. The Morgan fingerprint density at radius 1 is 1.29 bits per heavy atom. The van der Waals surface area contributed by atoms with Crippen LogP contribution in [0.1, 0.15) is 44.9 Å². The molecule has 3 N–H and O–H groups in total. The summed E-state index contributed by atoms with van der Waals surface area (Å²) in [4.78, 5) is 11.5. The highest BCUT2D eigenvalue weighted by atomic mass is 16.5. The van der Waals surface area contributed by atoms with Crippen LogP contribution < -0.4 is 11.1 Å². The van der Waals surface area contributed by atoms with E-state index in [-0.39, 0.29) is 5.91 Å². The predicted octanol–water partition coefficient (Wildman–Crippen LogP) is 1.44. The highest BCUT2D eigenvalue weighted by Crippen LogP contribution is 2.15. The zero-order valence-electron chi connectivity index (χ0n) is 10.7. The molecule has 17 heavy (non-hydrogen) atoms. The number of unbranched alkanes of at least 4 members (excludes halogenated alkanes) is 3. The van der Waals surface area contributed by atoms with E-state index in [0.29, 0.717) is 12.3 Å². The molecule has 1 aliphatic heterocycles. The standard InChI is InChI=1S/C13H26N2O2/c14-8-4-2-1-3-5-13(16)15-9-6-12-7-10-17-11-12/h12H,1-11,14H2,(H,15,16). The molecule has 4 heteroatoms. The number of amides is 1. The lowest BCUT2D eigenvalue weighted by atomic mass is 10.1. The summed E-state index contributed by atoms with van der Waals surface area (Å²) in [6.07, 6.45) is 7.17. The van der Waals surface area contributed by atoms with Gasteiger partial charge in [-0.05, 0) is 38.1 Å². The predicted molar refractivity (Wildman–Crippen MR) is 68.7 cm³/mol. The van der Waals surface area contributed by atoms with Crippen LogP contribution >= 0.6 is 0 Å². The Labute approximate surface area is 104 Å². The van der Waals surface area contributed by atoms with E-state index in [2.05, 4.69) is 5.32 Å². The second kappa shape index (κ2) is 9.42. The molecule has 100 valence electrons. The quantitative estimate of drug-likeness (QED) is 0.601. The molecule has 0 aliphatic carbocycles. The molecule has 1 saturated heterocycles. The van der Waals surface area contributed by atoms with Crippen LogP contribution in [0.2, 0.25) is 0 Å². The third-order valence-corrected chi connectivity index (χ3v) is 3.26. The third-order valence-electron chi connectivity index (χ3n) is 3.26. The van der Waals surface area contributed by atoms with Gasteiger partial charge in [-0.3, -0.25) is 4.79 Å². The van der Waals surface area contributed by atoms with E-state index in [1.807, 2.05) is 0 Å². The van der Waals surface area contributed by atoms with Crippen molar-refractivity contribution >= 4 is 5.91 Å². The Hall–Kier alpha value is -0.610. The summed E-state index contributed by atoms with van der Waals surface area (Å²) >= 11 is 0. The van der Waals surface area contributed by atoms with Gasteiger partial charge in [0.25, 0.3) is 0 Å². The van der Waals surface area contributed by atoms with E-state index in [4.69, 9.17) is 10.5 Å². The Balaban J connectivity index is 1.86. The minimum absolute atomic E-state index is 0.191.